The Kier molecular flexibility index (Phi) is 6.94. The van der Waals surface area contributed by atoms with Crippen molar-refractivity contribution in [1.29, 1.82) is 0 Å². The van der Waals surface area contributed by atoms with Crippen LogP contribution in [0.1, 0.15) is 63.0 Å². The molecule has 6 rings (SSSR count). The molecule has 39 heavy (non-hydrogen) atoms. The van der Waals surface area contributed by atoms with Crippen molar-refractivity contribution in [2.45, 2.75) is 58.0 Å². The first kappa shape index (κ1) is 25.3. The van der Waals surface area contributed by atoms with Crippen molar-refractivity contribution in [3.05, 3.63) is 65.7 Å². The van der Waals surface area contributed by atoms with Crippen molar-refractivity contribution in [1.82, 2.24) is 5.43 Å². The van der Waals surface area contributed by atoms with E-state index < -0.39 is 0 Å². The van der Waals surface area contributed by atoms with E-state index in [-0.39, 0.29) is 35.7 Å². The molecule has 8 nitrogen and oxygen atoms in total. The molecule has 1 saturated carbocycles. The van der Waals surface area contributed by atoms with Crippen molar-refractivity contribution >= 4 is 28.9 Å². The van der Waals surface area contributed by atoms with E-state index in [1.165, 1.54) is 12.8 Å². The number of benzene rings is 2. The Morgan fingerprint density at radius 1 is 0.897 bits per heavy atom. The number of methoxy groups -OCH3 is 1. The monoisotopic (exact) mass is 526 g/mol. The summed E-state index contributed by atoms with van der Waals surface area (Å²) >= 11 is 0. The largest absolute Gasteiger partial charge is 0.493 e. The van der Waals surface area contributed by atoms with E-state index in [9.17, 15) is 9.59 Å². The third-order valence-electron chi connectivity index (χ3n) is 8.24. The number of anilines is 1. The van der Waals surface area contributed by atoms with Gasteiger partial charge in [0.05, 0.1) is 36.2 Å². The Hall–Kier alpha value is -3.94. The van der Waals surface area contributed by atoms with Crippen molar-refractivity contribution in [3.63, 3.8) is 0 Å². The Morgan fingerprint density at radius 2 is 1.62 bits per heavy atom. The molecule has 0 bridgehead atoms. The molecule has 2 heterocycles. The summed E-state index contributed by atoms with van der Waals surface area (Å²) in [5, 5.41) is 10.8. The Bertz CT molecular complexity index is 1360. The van der Waals surface area contributed by atoms with E-state index in [1.807, 2.05) is 49.4 Å². The van der Waals surface area contributed by atoms with Crippen LogP contribution in [-0.2, 0) is 9.59 Å². The van der Waals surface area contributed by atoms with Crippen LogP contribution in [0.4, 0.5) is 5.69 Å². The molecule has 1 N–H and O–H groups in total. The van der Waals surface area contributed by atoms with Gasteiger partial charge in [0.15, 0.2) is 11.5 Å². The Balaban J connectivity index is 1.35. The van der Waals surface area contributed by atoms with Crippen molar-refractivity contribution in [2.75, 3.05) is 12.1 Å². The number of hydrogen-bond donors (Lipinski definition) is 1. The summed E-state index contributed by atoms with van der Waals surface area (Å²) in [7, 11) is 1.66. The molecule has 202 valence electrons. The highest BCUT2D eigenvalue weighted by molar-refractivity contribution is 6.12. The predicted molar refractivity (Wildman–Crippen MR) is 150 cm³/mol. The van der Waals surface area contributed by atoms with E-state index in [2.05, 4.69) is 22.7 Å². The van der Waals surface area contributed by atoms with Gasteiger partial charge >= 0.3 is 0 Å². The molecule has 8 heteroatoms. The topological polar surface area (TPSA) is 92.6 Å². The smallest absolute Gasteiger partial charge is 0.251 e. The maximum atomic E-state index is 13.7. The van der Waals surface area contributed by atoms with Crippen LogP contribution in [0, 0.1) is 17.8 Å². The van der Waals surface area contributed by atoms with Gasteiger partial charge in [0.1, 0.15) is 0 Å². The van der Waals surface area contributed by atoms with Gasteiger partial charge in [-0.25, -0.2) is 10.4 Å². The Labute approximate surface area is 228 Å². The number of ether oxygens (including phenoxy) is 2. The van der Waals surface area contributed by atoms with Crippen LogP contribution in [0.3, 0.4) is 0 Å². The van der Waals surface area contributed by atoms with Gasteiger partial charge in [-0.05, 0) is 74.4 Å². The first-order valence-corrected chi connectivity index (χ1v) is 13.9. The summed E-state index contributed by atoms with van der Waals surface area (Å²) < 4.78 is 12.0. The molecule has 3 atom stereocenters. The maximum Gasteiger partial charge on any atom is 0.251 e. The van der Waals surface area contributed by atoms with E-state index >= 15 is 0 Å². The zero-order chi connectivity index (χ0) is 26.9. The number of carbonyl (C=O) groups is 2. The van der Waals surface area contributed by atoms with Crippen LogP contribution in [0.2, 0.25) is 0 Å². The number of hydrazone groups is 2. The molecule has 0 radical (unpaired) electrons. The Morgan fingerprint density at radius 3 is 2.33 bits per heavy atom. The molecule has 2 aliphatic carbocycles. The van der Waals surface area contributed by atoms with Gasteiger partial charge in [0.25, 0.3) is 5.91 Å². The minimum absolute atomic E-state index is 0.00630. The molecular weight excluding hydrogens is 492 g/mol. The maximum absolute atomic E-state index is 13.7. The fourth-order valence-electron chi connectivity index (χ4n) is 6.12. The zero-order valence-corrected chi connectivity index (χ0v) is 22.4. The van der Waals surface area contributed by atoms with Crippen LogP contribution in [0.15, 0.2) is 64.8 Å². The van der Waals surface area contributed by atoms with Gasteiger partial charge in [-0.1, -0.05) is 31.2 Å². The minimum atomic E-state index is -0.179. The number of allylic oxidation sites excluding steroid dienone is 2. The standard InChI is InChI=1S/C31H34N4O4/c1-19-17-28(36)32-33-29(19)20-11-14-22(15-12-20)35-31(37)25-10-6-5-9-24(25)30(34-35)21-13-16-26(38-2)27(18-21)39-23-7-3-4-8-23/h5-6,11-16,18-19,23-25H,3-4,7-10,17H2,1-2H3,(H,32,36). The van der Waals surface area contributed by atoms with Crippen molar-refractivity contribution in [3.8, 4) is 11.5 Å². The number of nitrogens with zero attached hydrogens (tertiary/aromatic N) is 3. The van der Waals surface area contributed by atoms with Crippen LogP contribution in [0.25, 0.3) is 0 Å². The second-order valence-corrected chi connectivity index (χ2v) is 10.9. The normalized spacial score (nSPS) is 25.1. The number of carbonyl (C=O) groups excluding carboxylic acids is 2. The SMILES string of the molecule is COc1ccc(C2=NN(c3ccc(C4=NNC(=O)CC4C)cc3)C(=O)C3CC=CCC23)cc1OC1CCCC1. The fraction of sp³-hybridized carbons (Fsp3) is 0.419. The fourth-order valence-corrected chi connectivity index (χ4v) is 6.12. The van der Waals surface area contributed by atoms with Gasteiger partial charge in [0, 0.05) is 23.8 Å². The number of rotatable bonds is 6. The summed E-state index contributed by atoms with van der Waals surface area (Å²) in [6.45, 7) is 1.99. The summed E-state index contributed by atoms with van der Waals surface area (Å²) in [5.41, 5.74) is 6.87. The first-order valence-electron chi connectivity index (χ1n) is 13.9. The first-order chi connectivity index (χ1) is 19.0. The number of nitrogens with one attached hydrogen (secondary N) is 1. The van der Waals surface area contributed by atoms with Gasteiger partial charge in [-0.15, -0.1) is 0 Å². The molecule has 2 aromatic rings. The summed E-state index contributed by atoms with van der Waals surface area (Å²) in [4.78, 5) is 25.3. The second-order valence-electron chi connectivity index (χ2n) is 10.9. The molecular formula is C31H34N4O4. The van der Waals surface area contributed by atoms with Crippen LogP contribution in [-0.4, -0.2) is 36.5 Å². The van der Waals surface area contributed by atoms with Crippen LogP contribution >= 0.6 is 0 Å². The third-order valence-corrected chi connectivity index (χ3v) is 8.24. The summed E-state index contributed by atoms with van der Waals surface area (Å²) in [5.74, 6) is 1.23. The van der Waals surface area contributed by atoms with Gasteiger partial charge < -0.3 is 9.47 Å². The number of hydrogen-bond acceptors (Lipinski definition) is 6. The lowest BCUT2D eigenvalue weighted by molar-refractivity contribution is -0.124. The molecule has 0 aromatic heterocycles. The lowest BCUT2D eigenvalue weighted by Gasteiger charge is -2.37. The summed E-state index contributed by atoms with van der Waals surface area (Å²) in [6, 6.07) is 13.7. The van der Waals surface area contributed by atoms with Crippen LogP contribution in [0.5, 0.6) is 11.5 Å². The molecule has 4 aliphatic rings. The quantitative estimate of drug-likeness (QED) is 0.523. The lowest BCUT2D eigenvalue weighted by Crippen LogP contribution is -2.45. The number of fused-ring (bicyclic) bond motifs is 1. The van der Waals surface area contributed by atoms with E-state index in [4.69, 9.17) is 14.6 Å². The molecule has 2 amide bonds. The van der Waals surface area contributed by atoms with Crippen molar-refractivity contribution < 1.29 is 19.1 Å². The van der Waals surface area contributed by atoms with Crippen LogP contribution < -0.4 is 19.9 Å². The average Bonchev–Trinajstić information content (AvgIpc) is 3.47. The molecule has 0 spiro atoms. The van der Waals surface area contributed by atoms with Crippen molar-refractivity contribution in [2.24, 2.45) is 28.0 Å². The van der Waals surface area contributed by atoms with Gasteiger partial charge in [-0.2, -0.15) is 10.2 Å². The highest BCUT2D eigenvalue weighted by Gasteiger charge is 2.41. The highest BCUT2D eigenvalue weighted by atomic mass is 16.5. The van der Waals surface area contributed by atoms with Gasteiger partial charge in [-0.3, -0.25) is 9.59 Å². The van der Waals surface area contributed by atoms with E-state index in [0.29, 0.717) is 24.3 Å². The molecule has 0 saturated heterocycles. The lowest BCUT2D eigenvalue weighted by atomic mass is 9.76. The van der Waals surface area contributed by atoms with Gasteiger partial charge in [0.2, 0.25) is 5.91 Å². The van der Waals surface area contributed by atoms with E-state index in [0.717, 1.165) is 47.6 Å². The zero-order valence-electron chi connectivity index (χ0n) is 22.4. The molecule has 3 unspecified atom stereocenters. The highest BCUT2D eigenvalue weighted by Crippen LogP contribution is 2.39. The average molecular weight is 527 g/mol. The third kappa shape index (κ3) is 4.95. The summed E-state index contributed by atoms with van der Waals surface area (Å²) in [6.07, 6.45) is 10.8. The number of amides is 2. The molecule has 2 aromatic carbocycles. The predicted octanol–water partition coefficient (Wildman–Crippen LogP) is 5.21. The van der Waals surface area contributed by atoms with E-state index in [1.54, 1.807) is 12.1 Å². The molecule has 2 aliphatic heterocycles. The molecule has 1 fully saturated rings. The second kappa shape index (κ2) is 10.7. The minimum Gasteiger partial charge on any atom is -0.493 e.